The number of ether oxygens (including phenoxy) is 2. The van der Waals surface area contributed by atoms with Gasteiger partial charge in [0, 0.05) is 37.3 Å². The van der Waals surface area contributed by atoms with Crippen LogP contribution in [0.3, 0.4) is 0 Å². The molecule has 2 aromatic carbocycles. The first-order valence-corrected chi connectivity index (χ1v) is 21.2. The number of aromatic nitrogens is 2. The van der Waals surface area contributed by atoms with E-state index in [9.17, 15) is 67.1 Å². The smallest absolute Gasteiger partial charge is 0.406 e. The summed E-state index contributed by atoms with van der Waals surface area (Å²) in [6.45, 7) is 1.87. The van der Waals surface area contributed by atoms with Gasteiger partial charge in [0.2, 0.25) is 0 Å². The van der Waals surface area contributed by atoms with E-state index in [1.165, 1.54) is 10.5 Å². The maximum atomic E-state index is 13.9. The number of nitrogens with zero attached hydrogens (tertiary/aromatic N) is 3. The van der Waals surface area contributed by atoms with Crippen molar-refractivity contribution >= 4 is 28.7 Å². The van der Waals surface area contributed by atoms with E-state index >= 15 is 0 Å². The van der Waals surface area contributed by atoms with Gasteiger partial charge >= 0.3 is 25.1 Å². The maximum Gasteiger partial charge on any atom is 0.573 e. The Labute approximate surface area is 386 Å². The summed E-state index contributed by atoms with van der Waals surface area (Å²) in [5.41, 5.74) is 3.26. The molecule has 0 saturated heterocycles. The fourth-order valence-electron chi connectivity index (χ4n) is 6.89. The lowest BCUT2D eigenvalue weighted by molar-refractivity contribution is -0.275. The van der Waals surface area contributed by atoms with Gasteiger partial charge in [-0.25, -0.2) is 9.97 Å². The average molecular weight is 987 g/mol. The van der Waals surface area contributed by atoms with Gasteiger partial charge < -0.3 is 25.4 Å². The molecule has 23 heteroatoms. The lowest BCUT2D eigenvalue weighted by Crippen LogP contribution is -2.40. The van der Waals surface area contributed by atoms with Crippen LogP contribution in [0.15, 0.2) is 97.1 Å². The van der Waals surface area contributed by atoms with Crippen molar-refractivity contribution in [3.8, 4) is 11.5 Å². The molecule has 0 spiro atoms. The monoisotopic (exact) mass is 986 g/mol. The quantitative estimate of drug-likeness (QED) is 0.0992. The van der Waals surface area contributed by atoms with Crippen molar-refractivity contribution in [3.05, 3.63) is 131 Å². The number of alkyl halides is 12. The fraction of sp³-hybridized carbons (Fsp3) is 0.370. The molecule has 4 aliphatic rings. The van der Waals surface area contributed by atoms with E-state index in [0.717, 1.165) is 80.7 Å². The van der Waals surface area contributed by atoms with Crippen LogP contribution in [0.5, 0.6) is 11.5 Å². The zero-order valence-electron chi connectivity index (χ0n) is 36.0. The highest BCUT2D eigenvalue weighted by Crippen LogP contribution is 2.40. The predicted octanol–water partition coefficient (Wildman–Crippen LogP) is 9.95. The molecule has 370 valence electrons. The zero-order chi connectivity index (χ0) is 50.1. The van der Waals surface area contributed by atoms with Crippen LogP contribution in [0.4, 0.5) is 52.7 Å². The van der Waals surface area contributed by atoms with Crippen LogP contribution in [-0.4, -0.2) is 95.8 Å². The van der Waals surface area contributed by atoms with Crippen LogP contribution in [0.1, 0.15) is 92.9 Å². The summed E-state index contributed by atoms with van der Waals surface area (Å²) < 4.78 is 157. The number of halogens is 12. The normalized spacial score (nSPS) is 17.0. The van der Waals surface area contributed by atoms with Gasteiger partial charge in [-0.3, -0.25) is 19.3 Å². The molecule has 1 atom stereocenters. The summed E-state index contributed by atoms with van der Waals surface area (Å²) in [5.74, 6) is -3.74. The van der Waals surface area contributed by atoms with Gasteiger partial charge in [0.1, 0.15) is 28.9 Å². The van der Waals surface area contributed by atoms with E-state index in [-0.39, 0.29) is 48.6 Å². The van der Waals surface area contributed by atoms with E-state index < -0.39 is 54.0 Å². The summed E-state index contributed by atoms with van der Waals surface area (Å²) in [5, 5.41) is 9.09. The van der Waals surface area contributed by atoms with Crippen molar-refractivity contribution in [1.29, 1.82) is 0 Å². The Balaban J connectivity index is 0.000000188. The van der Waals surface area contributed by atoms with Gasteiger partial charge in [-0.2, -0.15) is 26.3 Å². The third-order valence-electron chi connectivity index (χ3n) is 10.5. The molecule has 0 radical (unpaired) electrons. The van der Waals surface area contributed by atoms with Crippen LogP contribution in [0.25, 0.3) is 11.1 Å². The Morgan fingerprint density at radius 1 is 0.623 bits per heavy atom. The Bertz CT molecular complexity index is 2480. The second-order valence-electron chi connectivity index (χ2n) is 15.9. The van der Waals surface area contributed by atoms with E-state index in [0.29, 0.717) is 41.7 Å². The Morgan fingerprint density at radius 3 is 1.49 bits per heavy atom. The summed E-state index contributed by atoms with van der Waals surface area (Å²) in [4.78, 5) is 44.9. The van der Waals surface area contributed by atoms with Crippen molar-refractivity contribution < 1.29 is 76.5 Å². The second kappa shape index (κ2) is 21.9. The third kappa shape index (κ3) is 16.3. The molecular weight excluding hydrogens is 945 g/mol. The van der Waals surface area contributed by atoms with Crippen LogP contribution < -0.4 is 25.4 Å². The second-order valence-corrected chi connectivity index (χ2v) is 15.9. The minimum absolute atomic E-state index is 0.0412. The molecule has 3 N–H and O–H groups in total. The number of rotatable bonds is 11. The maximum absolute atomic E-state index is 13.9. The molecule has 11 nitrogen and oxygen atoms in total. The van der Waals surface area contributed by atoms with Crippen molar-refractivity contribution in [1.82, 2.24) is 30.8 Å². The number of Topliss-reactive ketones (excluding diaryl/α,β-unsaturated/α-hetero) is 1. The van der Waals surface area contributed by atoms with E-state index in [1.54, 1.807) is 30.3 Å². The highest BCUT2D eigenvalue weighted by Gasteiger charge is 2.45. The van der Waals surface area contributed by atoms with Crippen molar-refractivity contribution in [2.24, 2.45) is 0 Å². The number of pyridine rings is 2. The molecule has 2 aliphatic carbocycles. The Hall–Kier alpha value is -6.49. The number of nitrogens with one attached hydrogen (secondary N) is 3. The minimum Gasteiger partial charge on any atom is -0.406 e. The first kappa shape index (κ1) is 51.9. The number of hydrogen-bond acceptors (Lipinski definition) is 9. The van der Waals surface area contributed by atoms with E-state index in [2.05, 4.69) is 41.5 Å². The van der Waals surface area contributed by atoms with Crippen molar-refractivity contribution in [2.75, 3.05) is 26.2 Å². The van der Waals surface area contributed by atoms with Crippen molar-refractivity contribution in [3.63, 3.8) is 0 Å². The summed E-state index contributed by atoms with van der Waals surface area (Å²) in [6.07, 6.45) is -10.5. The molecule has 69 heavy (non-hydrogen) atoms. The number of carbonyl (C=O) groups excluding carboxylic acids is 3. The SMILES string of the molecule is O=C(NC1CC1)c1cccc(C2=CCN(C(c3ccc(OC(F)(F)F)cc3)C(F)(F)F)CC2)n1.O=C(NC1CC1)c1cccc(C2=CCNCC2)n1.O=C(c1ccc(OC(F)(F)F)cc1)C(F)(F)F. The number of benzene rings is 2. The van der Waals surface area contributed by atoms with Gasteiger partial charge in [-0.1, -0.05) is 36.4 Å². The Morgan fingerprint density at radius 2 is 1.10 bits per heavy atom. The summed E-state index contributed by atoms with van der Waals surface area (Å²) in [6, 6.07) is 15.4. The van der Waals surface area contributed by atoms with E-state index in [1.807, 2.05) is 12.1 Å². The largest absolute Gasteiger partial charge is 0.573 e. The number of hydrogen-bond donors (Lipinski definition) is 3. The molecule has 4 aromatic rings. The van der Waals surface area contributed by atoms with Gasteiger partial charge in [-0.15, -0.1) is 26.3 Å². The molecular formula is C46H42F12N6O5. The number of carbonyl (C=O) groups is 3. The highest BCUT2D eigenvalue weighted by atomic mass is 19.4. The minimum atomic E-state index is -5.06. The van der Waals surface area contributed by atoms with Gasteiger partial charge in [0.05, 0.1) is 11.4 Å². The van der Waals surface area contributed by atoms with Crippen LogP contribution in [0.2, 0.25) is 0 Å². The molecule has 2 saturated carbocycles. The Kier molecular flexibility index (Phi) is 16.4. The molecule has 1 unspecified atom stereocenters. The average Bonchev–Trinajstić information content (AvgIpc) is 4.25. The molecule has 0 bridgehead atoms. The first-order valence-electron chi connectivity index (χ1n) is 21.2. The molecule has 2 aliphatic heterocycles. The molecule has 2 fully saturated rings. The summed E-state index contributed by atoms with van der Waals surface area (Å²) in [7, 11) is 0. The van der Waals surface area contributed by atoms with Gasteiger partial charge in [-0.05, 0) is 122 Å². The third-order valence-corrected chi connectivity index (χ3v) is 10.5. The molecule has 8 rings (SSSR count). The lowest BCUT2D eigenvalue weighted by atomic mass is 9.99. The molecule has 2 aromatic heterocycles. The number of ketones is 1. The van der Waals surface area contributed by atoms with E-state index in [4.69, 9.17) is 0 Å². The van der Waals surface area contributed by atoms with Gasteiger partial charge in [0.25, 0.3) is 17.6 Å². The van der Waals surface area contributed by atoms with Crippen LogP contribution >= 0.6 is 0 Å². The van der Waals surface area contributed by atoms with Gasteiger partial charge in [0.15, 0.2) is 0 Å². The standard InChI is InChI=1S/C23H21F6N3O2.C14H17N3O.C9H4F6O2/c24-22(25,26)20(15-4-8-17(9-5-15)34-23(27,28)29)32-12-10-14(11-13-32)18-2-1-3-19(31-18)21(33)30-16-6-7-16;18-14(16-11-4-5-11)13-3-1-2-12(17-13)10-6-8-15-9-7-10;10-8(11,12)7(16)5-1-3-6(4-2-5)17-9(13,14)15/h1-5,8-10,16,20H,6-7,11-13H2,(H,30,33);1-3,6,11,15H,4-5,7-9H2,(H,16,18);1-4H. The molecule has 4 heterocycles. The zero-order valence-corrected chi connectivity index (χ0v) is 36.0. The summed E-state index contributed by atoms with van der Waals surface area (Å²) >= 11 is 0. The van der Waals surface area contributed by atoms with Crippen LogP contribution in [-0.2, 0) is 0 Å². The first-order chi connectivity index (χ1) is 32.4. The topological polar surface area (TPSA) is 135 Å². The number of amides is 2. The predicted molar refractivity (Wildman–Crippen MR) is 225 cm³/mol. The molecule has 2 amide bonds. The fourth-order valence-corrected chi connectivity index (χ4v) is 6.89. The lowest BCUT2D eigenvalue weighted by Gasteiger charge is -2.35. The highest BCUT2D eigenvalue weighted by molar-refractivity contribution is 6.00. The van der Waals surface area contributed by atoms with Crippen molar-refractivity contribution in [2.45, 2.75) is 81.7 Å². The van der Waals surface area contributed by atoms with Crippen LogP contribution in [0, 0.1) is 0 Å².